The summed E-state index contributed by atoms with van der Waals surface area (Å²) in [7, 11) is -8.33. The number of ether oxygens (including phenoxy) is 1. The highest BCUT2D eigenvalue weighted by atomic mass is 32.2. The van der Waals surface area contributed by atoms with Gasteiger partial charge in [-0.05, 0) is 74.6 Å². The third kappa shape index (κ3) is 9.54. The van der Waals surface area contributed by atoms with Crippen LogP contribution in [-0.2, 0) is 38.0 Å². The maximum atomic E-state index is 14.8. The van der Waals surface area contributed by atoms with Crippen LogP contribution < -0.4 is 19.9 Å². The Morgan fingerprint density at radius 1 is 0.983 bits per heavy atom. The lowest BCUT2D eigenvalue weighted by Gasteiger charge is -2.35. The van der Waals surface area contributed by atoms with Gasteiger partial charge in [-0.2, -0.15) is 4.72 Å². The van der Waals surface area contributed by atoms with Crippen LogP contribution in [0.2, 0.25) is 0 Å². The van der Waals surface area contributed by atoms with E-state index in [-0.39, 0.29) is 29.5 Å². The van der Waals surface area contributed by atoms with E-state index >= 15 is 0 Å². The molecule has 15 nitrogen and oxygen atoms in total. The standard InChI is InChI=1S/C39H49N6O9PS3/c1-9-25-21-39(25,37(48)43-55(49,53-23(2)3)54-24(4)5)42-34(46)29-20-26(52-35-32(30-16-12-18-56-30)40-27-14-10-11-15-28(27)41-35)22-45(29)36(47)33(38(6,7)8)44-58(50,51)31-17-13-19-57-31/h9-19,23-26,29,33,44H,1,20-22H2,2-8H3,(H,42,46)(H,43,48,49)/t25?,26-,29+,33-,39-/m1/s1. The maximum Gasteiger partial charge on any atom is 0.435 e. The second kappa shape index (κ2) is 16.9. The summed E-state index contributed by atoms with van der Waals surface area (Å²) in [4.78, 5) is 55.1. The molecule has 19 heteroatoms. The summed E-state index contributed by atoms with van der Waals surface area (Å²) in [6, 6.07) is 11.6. The van der Waals surface area contributed by atoms with Gasteiger partial charge in [-0.3, -0.25) is 28.5 Å². The average molecular weight is 873 g/mol. The highest BCUT2D eigenvalue weighted by molar-refractivity contribution is 7.91. The number of hydrogen-bond acceptors (Lipinski definition) is 13. The molecule has 2 fully saturated rings. The first-order valence-electron chi connectivity index (χ1n) is 18.8. The molecule has 6 rings (SSSR count). The lowest BCUT2D eigenvalue weighted by Crippen LogP contribution is -2.59. The topological polar surface area (TPSA) is 195 Å². The monoisotopic (exact) mass is 872 g/mol. The third-order valence-electron chi connectivity index (χ3n) is 9.55. The molecule has 4 heterocycles. The normalized spacial score (nSPS) is 21.6. The van der Waals surface area contributed by atoms with Gasteiger partial charge in [0, 0.05) is 12.3 Å². The number of benzene rings is 1. The fourth-order valence-corrected chi connectivity index (χ4v) is 11.6. The second-order valence-electron chi connectivity index (χ2n) is 15.9. The fourth-order valence-electron chi connectivity index (χ4n) is 6.76. The van der Waals surface area contributed by atoms with Gasteiger partial charge in [0.25, 0.3) is 15.9 Å². The quantitative estimate of drug-likeness (QED) is 0.0845. The van der Waals surface area contributed by atoms with E-state index in [2.05, 4.69) is 21.7 Å². The van der Waals surface area contributed by atoms with Crippen LogP contribution in [0.1, 0.15) is 61.3 Å². The third-order valence-corrected chi connectivity index (χ3v) is 15.1. The molecule has 58 heavy (non-hydrogen) atoms. The van der Waals surface area contributed by atoms with Crippen LogP contribution in [0.3, 0.4) is 0 Å². The SMILES string of the molecule is C=CC1C[C@]1(NC(=O)[C@@H]1C[C@@H](Oc2nc3ccccc3nc2-c2cccs2)CN1C(=O)[C@@H](NS(=O)(=O)c1cccs1)C(C)(C)C)C(=O)NP(=O)(OC(C)C)OC(C)C. The number of carbonyl (C=O) groups is 3. The van der Waals surface area contributed by atoms with Crippen molar-refractivity contribution in [1.29, 1.82) is 0 Å². The molecule has 3 N–H and O–H groups in total. The number of hydrogen-bond donors (Lipinski definition) is 3. The number of rotatable bonds is 16. The summed E-state index contributed by atoms with van der Waals surface area (Å²) in [5, 5.41) is 8.79. The van der Waals surface area contributed by atoms with Crippen molar-refractivity contribution < 1.29 is 41.2 Å². The zero-order valence-corrected chi connectivity index (χ0v) is 36.7. The molecule has 312 valence electrons. The van der Waals surface area contributed by atoms with E-state index in [1.165, 1.54) is 28.4 Å². The molecule has 0 radical (unpaired) electrons. The molecule has 2 aliphatic rings. The van der Waals surface area contributed by atoms with Gasteiger partial charge in [-0.15, -0.1) is 29.3 Å². The van der Waals surface area contributed by atoms with Crippen molar-refractivity contribution in [2.24, 2.45) is 11.3 Å². The first-order chi connectivity index (χ1) is 27.2. The predicted molar refractivity (Wildman–Crippen MR) is 223 cm³/mol. The molecule has 3 aromatic heterocycles. The van der Waals surface area contributed by atoms with E-state index < -0.39 is 82.8 Å². The number of nitrogens with zero attached hydrogens (tertiary/aromatic N) is 3. The molecule has 0 bridgehead atoms. The molecule has 1 aliphatic carbocycles. The van der Waals surface area contributed by atoms with Crippen molar-refractivity contribution in [3.63, 3.8) is 0 Å². The van der Waals surface area contributed by atoms with Crippen LogP contribution in [0.5, 0.6) is 5.88 Å². The van der Waals surface area contributed by atoms with Crippen molar-refractivity contribution in [2.45, 2.75) is 101 Å². The van der Waals surface area contributed by atoms with Gasteiger partial charge in [0.05, 0.1) is 34.7 Å². The van der Waals surface area contributed by atoms with Crippen molar-refractivity contribution in [3.05, 3.63) is 71.9 Å². The number of aromatic nitrogens is 2. The van der Waals surface area contributed by atoms with Gasteiger partial charge in [-0.1, -0.05) is 51.1 Å². The molecule has 1 saturated heterocycles. The molecular formula is C39H49N6O9PS3. The molecule has 0 spiro atoms. The Morgan fingerprint density at radius 2 is 1.62 bits per heavy atom. The van der Waals surface area contributed by atoms with E-state index in [4.69, 9.17) is 23.8 Å². The molecule has 1 aliphatic heterocycles. The van der Waals surface area contributed by atoms with E-state index in [0.29, 0.717) is 16.7 Å². The van der Waals surface area contributed by atoms with Crippen LogP contribution in [-0.4, -0.2) is 83.5 Å². The molecule has 5 atom stereocenters. The Bertz CT molecular complexity index is 2300. The smallest absolute Gasteiger partial charge is 0.435 e. The molecule has 3 amide bonds. The number of amides is 3. The summed E-state index contributed by atoms with van der Waals surface area (Å²) >= 11 is 2.45. The Hall–Kier alpha value is -4.03. The van der Waals surface area contributed by atoms with Crippen LogP contribution in [0, 0.1) is 11.3 Å². The minimum absolute atomic E-state index is 0.0276. The van der Waals surface area contributed by atoms with Crippen LogP contribution >= 0.6 is 30.4 Å². The number of thiophene rings is 2. The van der Waals surface area contributed by atoms with Crippen LogP contribution in [0.4, 0.5) is 0 Å². The summed E-state index contributed by atoms with van der Waals surface area (Å²) < 4.78 is 61.1. The highest BCUT2D eigenvalue weighted by Crippen LogP contribution is 2.51. The van der Waals surface area contributed by atoms with E-state index in [1.807, 2.05) is 35.7 Å². The van der Waals surface area contributed by atoms with Crippen molar-refractivity contribution in [2.75, 3.05) is 6.54 Å². The molecular weight excluding hydrogens is 824 g/mol. The predicted octanol–water partition coefficient (Wildman–Crippen LogP) is 6.30. The van der Waals surface area contributed by atoms with Gasteiger partial charge in [-0.25, -0.2) is 23.0 Å². The van der Waals surface area contributed by atoms with Crippen LogP contribution in [0.15, 0.2) is 76.2 Å². The van der Waals surface area contributed by atoms with Crippen molar-refractivity contribution in [1.82, 2.24) is 30.0 Å². The molecule has 1 saturated carbocycles. The summed E-state index contributed by atoms with van der Waals surface area (Å²) in [6.07, 6.45) is -0.366. The van der Waals surface area contributed by atoms with Crippen LogP contribution in [0.25, 0.3) is 21.6 Å². The lowest BCUT2D eigenvalue weighted by atomic mass is 9.86. The Kier molecular flexibility index (Phi) is 12.7. The number of fused-ring (bicyclic) bond motifs is 1. The van der Waals surface area contributed by atoms with E-state index in [1.54, 1.807) is 66.0 Å². The van der Waals surface area contributed by atoms with Gasteiger partial charge < -0.3 is 15.0 Å². The fraction of sp³-hybridized carbons (Fsp3) is 0.462. The number of sulfonamides is 1. The zero-order chi connectivity index (χ0) is 42.2. The van der Waals surface area contributed by atoms with Gasteiger partial charge in [0.1, 0.15) is 33.6 Å². The number of carbonyl (C=O) groups excluding carboxylic acids is 3. The Balaban J connectivity index is 1.35. The van der Waals surface area contributed by atoms with Crippen molar-refractivity contribution in [3.8, 4) is 16.5 Å². The molecule has 1 aromatic carbocycles. The highest BCUT2D eigenvalue weighted by Gasteiger charge is 2.62. The zero-order valence-electron chi connectivity index (χ0n) is 33.3. The first kappa shape index (κ1) is 43.5. The van der Waals surface area contributed by atoms with E-state index in [0.717, 1.165) is 16.2 Å². The average Bonchev–Trinajstić information content (AvgIpc) is 3.65. The summed E-state index contributed by atoms with van der Waals surface area (Å²) in [5.41, 5.74) is -0.849. The van der Waals surface area contributed by atoms with Gasteiger partial charge in [0.2, 0.25) is 17.7 Å². The van der Waals surface area contributed by atoms with Gasteiger partial charge in [0.15, 0.2) is 0 Å². The Labute approximate surface area is 346 Å². The minimum Gasteiger partial charge on any atom is -0.471 e. The molecule has 4 aromatic rings. The summed E-state index contributed by atoms with van der Waals surface area (Å²) in [5.74, 6) is -2.54. The first-order valence-corrected chi connectivity index (χ1v) is 23.6. The lowest BCUT2D eigenvalue weighted by molar-refractivity contribution is -0.142. The van der Waals surface area contributed by atoms with Crippen molar-refractivity contribution >= 4 is 69.2 Å². The number of nitrogens with one attached hydrogen (secondary N) is 3. The van der Waals surface area contributed by atoms with Gasteiger partial charge >= 0.3 is 7.75 Å². The number of para-hydroxylation sites is 2. The molecule has 1 unspecified atom stereocenters. The minimum atomic E-state index is -4.19. The summed E-state index contributed by atoms with van der Waals surface area (Å²) in [6.45, 7) is 15.4. The Morgan fingerprint density at radius 3 is 2.17 bits per heavy atom. The van der Waals surface area contributed by atoms with E-state index in [9.17, 15) is 27.4 Å². The largest absolute Gasteiger partial charge is 0.471 e. The number of likely N-dealkylation sites (tertiary alicyclic amines) is 1. The second-order valence-corrected chi connectivity index (χ2v) is 21.4. The maximum absolute atomic E-state index is 14.8.